The maximum atomic E-state index is 12.0. The van der Waals surface area contributed by atoms with Crippen LogP contribution in [-0.2, 0) is 9.73 Å². The molecule has 0 N–H and O–H groups in total. The van der Waals surface area contributed by atoms with Crippen molar-refractivity contribution in [2.24, 2.45) is 4.36 Å². The van der Waals surface area contributed by atoms with Crippen molar-refractivity contribution in [3.05, 3.63) is 20.8 Å². The lowest BCUT2D eigenvalue weighted by molar-refractivity contribution is 0.100. The van der Waals surface area contributed by atoms with Crippen LogP contribution in [0.2, 0.25) is 0 Å². The van der Waals surface area contributed by atoms with Crippen LogP contribution in [0, 0.1) is 0 Å². The molecule has 0 atom stereocenters. The lowest BCUT2D eigenvalue weighted by Gasteiger charge is -1.98. The average molecular weight is 308 g/mol. The Hall–Kier alpha value is -0.200. The molecule has 0 aromatic carbocycles. The third-order valence-corrected chi connectivity index (χ3v) is 6.33. The van der Waals surface area contributed by atoms with E-state index >= 15 is 0 Å². The van der Waals surface area contributed by atoms with Gasteiger partial charge in [-0.3, -0.25) is 4.79 Å². The first-order chi connectivity index (χ1) is 7.11. The van der Waals surface area contributed by atoms with Gasteiger partial charge in [-0.15, -0.1) is 0 Å². The Bertz CT molecular complexity index is 488. The van der Waals surface area contributed by atoms with Crippen molar-refractivity contribution in [1.29, 1.82) is 0 Å². The molecule has 15 heavy (non-hydrogen) atoms. The number of thiophene rings is 1. The van der Waals surface area contributed by atoms with Gasteiger partial charge < -0.3 is 0 Å². The highest BCUT2D eigenvalue weighted by Crippen LogP contribution is 2.23. The zero-order valence-electron chi connectivity index (χ0n) is 7.94. The van der Waals surface area contributed by atoms with Gasteiger partial charge in [0.1, 0.15) is 0 Å². The first kappa shape index (κ1) is 11.3. The van der Waals surface area contributed by atoms with E-state index < -0.39 is 9.73 Å². The normalized spacial score (nSPS) is 19.0. The van der Waals surface area contributed by atoms with Crippen LogP contribution < -0.4 is 0 Å². The predicted molar refractivity (Wildman–Crippen MR) is 65.9 cm³/mol. The zero-order chi connectivity index (χ0) is 10.9. The average Bonchev–Trinajstić information content (AvgIpc) is 2.74. The fourth-order valence-corrected chi connectivity index (χ4v) is 5.02. The van der Waals surface area contributed by atoms with E-state index in [-0.39, 0.29) is 5.91 Å². The lowest BCUT2D eigenvalue weighted by Crippen LogP contribution is -2.05. The summed E-state index contributed by atoms with van der Waals surface area (Å²) in [4.78, 5) is 11.7. The molecule has 0 unspecified atom stereocenters. The molecule has 0 saturated carbocycles. The topological polar surface area (TPSA) is 46.5 Å². The van der Waals surface area contributed by atoms with Crippen LogP contribution in [0.25, 0.3) is 0 Å². The van der Waals surface area contributed by atoms with E-state index in [0.29, 0.717) is 17.1 Å². The first-order valence-corrected chi connectivity index (χ1v) is 8.18. The minimum Gasteiger partial charge on any atom is -0.266 e. The van der Waals surface area contributed by atoms with Gasteiger partial charge in [0.05, 0.1) is 15.3 Å². The second-order valence-corrected chi connectivity index (χ2v) is 7.56. The molecule has 0 radical (unpaired) electrons. The van der Waals surface area contributed by atoms with Crippen molar-refractivity contribution in [2.45, 2.75) is 12.8 Å². The summed E-state index contributed by atoms with van der Waals surface area (Å²) >= 11 is 4.70. The van der Waals surface area contributed by atoms with Crippen LogP contribution in [-0.4, -0.2) is 21.6 Å². The maximum absolute atomic E-state index is 12.0. The molecular formula is C9H10BrNO2S2. The molecule has 82 valence electrons. The predicted octanol–water partition coefficient (Wildman–Crippen LogP) is 2.91. The summed E-state index contributed by atoms with van der Waals surface area (Å²) in [5.41, 5.74) is 0.523. The van der Waals surface area contributed by atoms with Crippen LogP contribution in [0.15, 0.2) is 19.6 Å². The van der Waals surface area contributed by atoms with E-state index in [0.717, 1.165) is 17.3 Å². The van der Waals surface area contributed by atoms with Crippen molar-refractivity contribution in [1.82, 2.24) is 0 Å². The third-order valence-electron chi connectivity index (χ3n) is 2.27. The van der Waals surface area contributed by atoms with E-state index in [9.17, 15) is 9.00 Å². The van der Waals surface area contributed by atoms with Crippen molar-refractivity contribution >= 4 is 42.9 Å². The summed E-state index contributed by atoms with van der Waals surface area (Å²) < 4.78 is 16.6. The number of halogens is 1. The maximum Gasteiger partial charge on any atom is 0.287 e. The minimum absolute atomic E-state index is 0.352. The standard InChI is InChI=1S/C9H10BrNO2S2/c10-8-6-14-5-7(8)9(12)11-15(13)3-1-2-4-15/h5-6H,1-4H2. The van der Waals surface area contributed by atoms with Gasteiger partial charge in [-0.2, -0.15) is 15.7 Å². The molecule has 0 spiro atoms. The molecule has 1 fully saturated rings. The second kappa shape index (κ2) is 4.35. The van der Waals surface area contributed by atoms with E-state index in [4.69, 9.17) is 0 Å². The van der Waals surface area contributed by atoms with Gasteiger partial charge in [-0.25, -0.2) is 4.21 Å². The van der Waals surface area contributed by atoms with Gasteiger partial charge in [0, 0.05) is 26.7 Å². The highest BCUT2D eigenvalue weighted by Gasteiger charge is 2.19. The van der Waals surface area contributed by atoms with E-state index in [1.54, 1.807) is 5.38 Å². The summed E-state index contributed by atoms with van der Waals surface area (Å²) in [6.45, 7) is 0. The molecule has 0 bridgehead atoms. The lowest BCUT2D eigenvalue weighted by atomic mass is 10.3. The first-order valence-electron chi connectivity index (χ1n) is 4.59. The molecule has 1 aliphatic rings. The number of amides is 1. The molecule has 6 heteroatoms. The van der Waals surface area contributed by atoms with E-state index in [2.05, 4.69) is 20.3 Å². The van der Waals surface area contributed by atoms with Crippen LogP contribution in [0.3, 0.4) is 0 Å². The number of carbonyl (C=O) groups is 1. The van der Waals surface area contributed by atoms with Crippen LogP contribution >= 0.6 is 27.3 Å². The van der Waals surface area contributed by atoms with Crippen molar-refractivity contribution in [3.8, 4) is 0 Å². The van der Waals surface area contributed by atoms with Gasteiger partial charge in [0.15, 0.2) is 0 Å². The highest BCUT2D eigenvalue weighted by molar-refractivity contribution is 9.10. The Morgan fingerprint density at radius 2 is 2.07 bits per heavy atom. The molecular weight excluding hydrogens is 298 g/mol. The molecule has 1 aromatic heterocycles. The molecule has 1 saturated heterocycles. The summed E-state index contributed by atoms with van der Waals surface area (Å²) in [5.74, 6) is 0.788. The number of carbonyl (C=O) groups excluding carboxylic acids is 1. The van der Waals surface area contributed by atoms with E-state index in [1.165, 1.54) is 11.3 Å². The number of hydrogen-bond donors (Lipinski definition) is 0. The van der Waals surface area contributed by atoms with Crippen molar-refractivity contribution < 1.29 is 9.00 Å². The summed E-state index contributed by atoms with van der Waals surface area (Å²) in [5, 5.41) is 3.55. The molecule has 2 heterocycles. The van der Waals surface area contributed by atoms with Gasteiger partial charge in [-0.05, 0) is 28.8 Å². The fraction of sp³-hybridized carbons (Fsp3) is 0.444. The van der Waals surface area contributed by atoms with Gasteiger partial charge in [0.2, 0.25) is 0 Å². The van der Waals surface area contributed by atoms with Gasteiger partial charge in [-0.1, -0.05) is 0 Å². The minimum atomic E-state index is -2.24. The zero-order valence-corrected chi connectivity index (χ0v) is 11.2. The van der Waals surface area contributed by atoms with Gasteiger partial charge >= 0.3 is 0 Å². The molecule has 2 rings (SSSR count). The number of nitrogens with zero attached hydrogens (tertiary/aromatic N) is 1. The summed E-state index contributed by atoms with van der Waals surface area (Å²) in [7, 11) is -2.24. The Labute approximate surface area is 101 Å². The Kier molecular flexibility index (Phi) is 3.27. The number of hydrogen-bond acceptors (Lipinski definition) is 3. The SMILES string of the molecule is O=C(N=S1(=O)CCCC1)c1cscc1Br. The van der Waals surface area contributed by atoms with Crippen molar-refractivity contribution in [3.63, 3.8) is 0 Å². The Morgan fingerprint density at radius 3 is 2.60 bits per heavy atom. The summed E-state index contributed by atoms with van der Waals surface area (Å²) in [6.07, 6.45) is 1.83. The Morgan fingerprint density at radius 1 is 1.40 bits per heavy atom. The third kappa shape index (κ3) is 2.49. The van der Waals surface area contributed by atoms with E-state index in [1.807, 2.05) is 5.38 Å². The van der Waals surface area contributed by atoms with Crippen molar-refractivity contribution in [2.75, 3.05) is 11.5 Å². The largest absolute Gasteiger partial charge is 0.287 e. The monoisotopic (exact) mass is 307 g/mol. The smallest absolute Gasteiger partial charge is 0.266 e. The molecule has 1 aromatic rings. The Balaban J connectivity index is 2.31. The number of rotatable bonds is 1. The molecule has 3 nitrogen and oxygen atoms in total. The fourth-order valence-electron chi connectivity index (χ4n) is 1.48. The van der Waals surface area contributed by atoms with Crippen LogP contribution in [0.4, 0.5) is 0 Å². The molecule has 1 amide bonds. The van der Waals surface area contributed by atoms with Crippen LogP contribution in [0.5, 0.6) is 0 Å². The highest BCUT2D eigenvalue weighted by atomic mass is 79.9. The van der Waals surface area contributed by atoms with Crippen LogP contribution in [0.1, 0.15) is 23.2 Å². The van der Waals surface area contributed by atoms with Gasteiger partial charge in [0.25, 0.3) is 5.91 Å². The quantitative estimate of drug-likeness (QED) is 0.801. The summed E-state index contributed by atoms with van der Waals surface area (Å²) in [6, 6.07) is 0. The molecule has 1 aliphatic heterocycles. The second-order valence-electron chi connectivity index (χ2n) is 3.42. The molecule has 0 aliphatic carbocycles.